The summed E-state index contributed by atoms with van der Waals surface area (Å²) < 4.78 is 5.71. The molecule has 1 atom stereocenters. The second kappa shape index (κ2) is 8.82. The second-order valence-corrected chi connectivity index (χ2v) is 6.39. The van der Waals surface area contributed by atoms with Gasteiger partial charge in [-0.3, -0.25) is 4.79 Å². The minimum absolute atomic E-state index is 0. The molecule has 1 heterocycles. The molecule has 7 heteroatoms. The van der Waals surface area contributed by atoms with E-state index in [1.54, 1.807) is 18.2 Å². The summed E-state index contributed by atoms with van der Waals surface area (Å²) in [5.74, 6) is 0.555. The van der Waals surface area contributed by atoms with Crippen LogP contribution < -0.4 is 15.6 Å². The summed E-state index contributed by atoms with van der Waals surface area (Å²) in [4.78, 5) is 11.9. The van der Waals surface area contributed by atoms with Crippen molar-refractivity contribution in [2.24, 2.45) is 0 Å². The van der Waals surface area contributed by atoms with Gasteiger partial charge in [-0.15, -0.1) is 12.4 Å². The largest absolute Gasteiger partial charge is 0.490 e. The molecular weight excluding hydrogens is 330 g/mol. The average Bonchev–Trinajstić information content (AvgIpc) is 2.51. The van der Waals surface area contributed by atoms with Crippen LogP contribution in [0, 0.1) is 0 Å². The first kappa shape index (κ1) is 20.2. The molecule has 0 aliphatic rings. The van der Waals surface area contributed by atoms with E-state index in [1.165, 1.54) is 6.20 Å². The fourth-order valence-corrected chi connectivity index (χ4v) is 2.04. The number of nitrogens with zero attached hydrogens (tertiary/aromatic N) is 1. The highest BCUT2D eigenvalue weighted by molar-refractivity contribution is 5.85. The SMILES string of the molecule is CC(C)(C)NCC(O)COc1ccccc1-c1ccn[nH]c1=O.Cl. The number of para-hydroxylation sites is 1. The number of aromatic nitrogens is 2. The van der Waals surface area contributed by atoms with Crippen molar-refractivity contribution in [1.29, 1.82) is 0 Å². The van der Waals surface area contributed by atoms with Crippen molar-refractivity contribution in [1.82, 2.24) is 15.5 Å². The number of hydrogen-bond donors (Lipinski definition) is 3. The van der Waals surface area contributed by atoms with Gasteiger partial charge in [-0.05, 0) is 32.9 Å². The van der Waals surface area contributed by atoms with Gasteiger partial charge in [0.15, 0.2) is 0 Å². The maximum atomic E-state index is 11.9. The van der Waals surface area contributed by atoms with E-state index >= 15 is 0 Å². The Balaban J connectivity index is 0.00000288. The van der Waals surface area contributed by atoms with Crippen molar-refractivity contribution in [3.05, 3.63) is 46.9 Å². The Morgan fingerprint density at radius 3 is 2.62 bits per heavy atom. The number of aliphatic hydroxyl groups is 1. The van der Waals surface area contributed by atoms with Crippen molar-refractivity contribution in [2.45, 2.75) is 32.4 Å². The normalized spacial score (nSPS) is 12.3. The molecule has 6 nitrogen and oxygen atoms in total. The standard InChI is InChI=1S/C17H23N3O3.ClH/c1-17(2,3)18-10-12(21)11-23-15-7-5-4-6-13(15)14-8-9-19-20-16(14)22;/h4-9,12,18,21H,10-11H2,1-3H3,(H,20,22);1H. The van der Waals surface area contributed by atoms with Gasteiger partial charge >= 0.3 is 0 Å². The third-order valence-corrected chi connectivity index (χ3v) is 3.20. The first-order valence-electron chi connectivity index (χ1n) is 7.56. The van der Waals surface area contributed by atoms with Gasteiger partial charge in [0.25, 0.3) is 5.56 Å². The van der Waals surface area contributed by atoms with Gasteiger partial charge < -0.3 is 15.2 Å². The number of H-pyrrole nitrogens is 1. The third-order valence-electron chi connectivity index (χ3n) is 3.20. The topological polar surface area (TPSA) is 87.2 Å². The number of aliphatic hydroxyl groups excluding tert-OH is 1. The Kier molecular flexibility index (Phi) is 7.41. The fourth-order valence-electron chi connectivity index (χ4n) is 2.04. The number of β-amino-alcohol motifs (C(OH)–C–C–N with tert-alkyl or cyclic N) is 1. The van der Waals surface area contributed by atoms with Crippen LogP contribution in [0.4, 0.5) is 0 Å². The van der Waals surface area contributed by atoms with Crippen LogP contribution in [0.15, 0.2) is 41.3 Å². The molecule has 0 saturated carbocycles. The summed E-state index contributed by atoms with van der Waals surface area (Å²) in [5.41, 5.74) is 0.812. The quantitative estimate of drug-likeness (QED) is 0.739. The van der Waals surface area contributed by atoms with Crippen LogP contribution in [-0.2, 0) is 0 Å². The van der Waals surface area contributed by atoms with Crippen LogP contribution >= 0.6 is 12.4 Å². The summed E-state index contributed by atoms with van der Waals surface area (Å²) in [6.45, 7) is 6.67. The minimum Gasteiger partial charge on any atom is -0.490 e. The van der Waals surface area contributed by atoms with Crippen molar-refractivity contribution < 1.29 is 9.84 Å². The maximum absolute atomic E-state index is 11.9. The van der Waals surface area contributed by atoms with Crippen LogP contribution in [0.3, 0.4) is 0 Å². The monoisotopic (exact) mass is 353 g/mol. The van der Waals surface area contributed by atoms with Crippen molar-refractivity contribution in [3.63, 3.8) is 0 Å². The Morgan fingerprint density at radius 2 is 1.96 bits per heavy atom. The summed E-state index contributed by atoms with van der Waals surface area (Å²) in [6.07, 6.45) is 0.883. The maximum Gasteiger partial charge on any atom is 0.272 e. The van der Waals surface area contributed by atoms with E-state index in [4.69, 9.17) is 4.74 Å². The lowest BCUT2D eigenvalue weighted by atomic mass is 10.1. The van der Waals surface area contributed by atoms with Crippen LogP contribution in [-0.4, -0.2) is 40.1 Å². The number of ether oxygens (including phenoxy) is 1. The molecule has 3 N–H and O–H groups in total. The molecule has 0 fully saturated rings. The van der Waals surface area contributed by atoms with E-state index in [0.29, 0.717) is 23.4 Å². The van der Waals surface area contributed by atoms with Gasteiger partial charge in [-0.2, -0.15) is 5.10 Å². The summed E-state index contributed by atoms with van der Waals surface area (Å²) >= 11 is 0. The number of hydrogen-bond acceptors (Lipinski definition) is 5. The Bertz CT molecular complexity index is 698. The Labute approximate surface area is 147 Å². The second-order valence-electron chi connectivity index (χ2n) is 6.39. The molecule has 0 aliphatic heterocycles. The molecule has 132 valence electrons. The van der Waals surface area contributed by atoms with E-state index in [-0.39, 0.29) is 30.1 Å². The highest BCUT2D eigenvalue weighted by atomic mass is 35.5. The predicted octanol–water partition coefficient (Wildman–Crippen LogP) is 1.99. The fraction of sp³-hybridized carbons (Fsp3) is 0.412. The van der Waals surface area contributed by atoms with Crippen LogP contribution in [0.1, 0.15) is 20.8 Å². The third kappa shape index (κ3) is 5.96. The van der Waals surface area contributed by atoms with Gasteiger partial charge in [0.1, 0.15) is 18.5 Å². The van der Waals surface area contributed by atoms with E-state index in [9.17, 15) is 9.90 Å². The molecule has 2 rings (SSSR count). The molecule has 0 spiro atoms. The molecular formula is C17H24ClN3O3. The number of benzene rings is 1. The number of rotatable bonds is 6. The summed E-state index contributed by atoms with van der Waals surface area (Å²) in [7, 11) is 0. The molecule has 0 saturated heterocycles. The molecule has 0 aliphatic carbocycles. The molecule has 24 heavy (non-hydrogen) atoms. The Morgan fingerprint density at radius 1 is 1.25 bits per heavy atom. The van der Waals surface area contributed by atoms with Crippen LogP contribution in [0.2, 0.25) is 0 Å². The average molecular weight is 354 g/mol. The lowest BCUT2D eigenvalue weighted by Gasteiger charge is -2.23. The van der Waals surface area contributed by atoms with Gasteiger partial charge in [0.05, 0.1) is 5.56 Å². The first-order chi connectivity index (χ1) is 10.9. The lowest BCUT2D eigenvalue weighted by Crippen LogP contribution is -2.42. The van der Waals surface area contributed by atoms with Crippen molar-refractivity contribution in [2.75, 3.05) is 13.2 Å². The zero-order chi connectivity index (χ0) is 16.9. The zero-order valence-electron chi connectivity index (χ0n) is 14.1. The molecule has 1 unspecified atom stereocenters. The summed E-state index contributed by atoms with van der Waals surface area (Å²) in [5, 5.41) is 19.3. The van der Waals surface area contributed by atoms with E-state index < -0.39 is 6.10 Å². The van der Waals surface area contributed by atoms with Crippen LogP contribution in [0.25, 0.3) is 11.1 Å². The van der Waals surface area contributed by atoms with E-state index in [2.05, 4.69) is 15.5 Å². The number of halogens is 1. The predicted molar refractivity (Wildman–Crippen MR) is 96.8 cm³/mol. The number of aromatic amines is 1. The summed E-state index contributed by atoms with van der Waals surface area (Å²) in [6, 6.07) is 8.88. The lowest BCUT2D eigenvalue weighted by molar-refractivity contribution is 0.100. The van der Waals surface area contributed by atoms with Crippen molar-refractivity contribution >= 4 is 12.4 Å². The smallest absolute Gasteiger partial charge is 0.272 e. The molecule has 2 aromatic rings. The van der Waals surface area contributed by atoms with Gasteiger partial charge in [-0.25, -0.2) is 5.10 Å². The molecule has 0 bridgehead atoms. The van der Waals surface area contributed by atoms with Gasteiger partial charge in [0.2, 0.25) is 0 Å². The Hall–Kier alpha value is -1.89. The van der Waals surface area contributed by atoms with Gasteiger partial charge in [-0.1, -0.05) is 18.2 Å². The van der Waals surface area contributed by atoms with Crippen LogP contribution in [0.5, 0.6) is 5.75 Å². The molecule has 0 radical (unpaired) electrons. The number of nitrogens with one attached hydrogen (secondary N) is 2. The van der Waals surface area contributed by atoms with Crippen molar-refractivity contribution in [3.8, 4) is 16.9 Å². The van der Waals surface area contributed by atoms with Gasteiger partial charge in [0, 0.05) is 23.8 Å². The zero-order valence-corrected chi connectivity index (χ0v) is 14.9. The minimum atomic E-state index is -0.641. The highest BCUT2D eigenvalue weighted by Crippen LogP contribution is 2.27. The molecule has 0 amide bonds. The molecule has 1 aromatic heterocycles. The highest BCUT2D eigenvalue weighted by Gasteiger charge is 2.14. The van der Waals surface area contributed by atoms with E-state index in [1.807, 2.05) is 32.9 Å². The first-order valence-corrected chi connectivity index (χ1v) is 7.56. The van der Waals surface area contributed by atoms with E-state index in [0.717, 1.165) is 0 Å². The molecule has 1 aromatic carbocycles.